The lowest BCUT2D eigenvalue weighted by Gasteiger charge is -2.11. The molecule has 0 amide bonds. The second-order valence-corrected chi connectivity index (χ2v) is 4.42. The highest BCUT2D eigenvalue weighted by atomic mass is 19.4. The smallest absolute Gasteiger partial charge is 0.290 e. The molecule has 0 saturated heterocycles. The minimum absolute atomic E-state index is 0.00276. The van der Waals surface area contributed by atoms with Crippen LogP contribution in [-0.2, 0) is 13.2 Å². The Morgan fingerprint density at radius 1 is 1.38 bits per heavy atom. The maximum atomic E-state index is 12.7. The Morgan fingerprint density at radius 3 is 2.62 bits per heavy atom. The summed E-state index contributed by atoms with van der Waals surface area (Å²) < 4.78 is 39.4. The molecule has 2 rings (SSSR count). The number of benzene rings is 1. The van der Waals surface area contributed by atoms with E-state index in [4.69, 9.17) is 5.26 Å². The first-order valence-corrected chi connectivity index (χ1v) is 5.93. The number of carbonyl (C=O) groups excluding carboxylic acids is 1. The molecule has 1 aromatic carbocycles. The first-order valence-electron chi connectivity index (χ1n) is 5.93. The minimum Gasteiger partial charge on any atom is -0.290 e. The molecule has 7 heteroatoms. The van der Waals surface area contributed by atoms with Crippen LogP contribution >= 0.6 is 0 Å². The van der Waals surface area contributed by atoms with E-state index in [9.17, 15) is 18.0 Å². The van der Waals surface area contributed by atoms with E-state index in [1.807, 2.05) is 0 Å². The summed E-state index contributed by atoms with van der Waals surface area (Å²) >= 11 is 0. The predicted molar refractivity (Wildman–Crippen MR) is 67.3 cm³/mol. The molecule has 0 saturated carbocycles. The number of rotatable bonds is 3. The Kier molecular flexibility index (Phi) is 3.80. The summed E-state index contributed by atoms with van der Waals surface area (Å²) in [7, 11) is 1.60. The highest BCUT2D eigenvalue weighted by molar-refractivity contribution is 6.01. The van der Waals surface area contributed by atoms with Gasteiger partial charge in [-0.2, -0.15) is 23.5 Å². The fourth-order valence-electron chi connectivity index (χ4n) is 1.87. The van der Waals surface area contributed by atoms with Gasteiger partial charge in [0.25, 0.3) is 0 Å². The average molecular weight is 293 g/mol. The normalized spacial score (nSPS) is 12.7. The molecule has 0 aliphatic rings. The second-order valence-electron chi connectivity index (χ2n) is 4.42. The van der Waals surface area contributed by atoms with Crippen LogP contribution in [0, 0.1) is 11.3 Å². The van der Waals surface area contributed by atoms with E-state index < -0.39 is 23.4 Å². The Labute approximate surface area is 118 Å². The molecule has 0 aliphatic heterocycles. The quantitative estimate of drug-likeness (QED) is 0.817. The lowest BCUT2D eigenvalue weighted by Crippen LogP contribution is -2.14. The van der Waals surface area contributed by atoms with Gasteiger partial charge in [-0.05, 0) is 17.7 Å². The number of nitriles is 1. The molecule has 4 nitrogen and oxygen atoms in total. The van der Waals surface area contributed by atoms with Crippen LogP contribution in [0.5, 0.6) is 0 Å². The van der Waals surface area contributed by atoms with Crippen LogP contribution < -0.4 is 0 Å². The number of ketones is 1. The van der Waals surface area contributed by atoms with Crippen molar-refractivity contribution in [1.82, 2.24) is 9.78 Å². The third-order valence-electron chi connectivity index (χ3n) is 2.90. The van der Waals surface area contributed by atoms with Gasteiger partial charge < -0.3 is 0 Å². The SMILES string of the molecule is Cn1ccc(C(=O)C(C#N)c2cccc(C(F)(F)F)c2)n1. The van der Waals surface area contributed by atoms with Crippen LogP contribution in [0.2, 0.25) is 0 Å². The van der Waals surface area contributed by atoms with Crippen LogP contribution in [0.3, 0.4) is 0 Å². The van der Waals surface area contributed by atoms with Crippen molar-refractivity contribution in [3.8, 4) is 6.07 Å². The highest BCUT2D eigenvalue weighted by Crippen LogP contribution is 2.31. The van der Waals surface area contributed by atoms with Crippen molar-refractivity contribution in [2.75, 3.05) is 0 Å². The van der Waals surface area contributed by atoms with Crippen molar-refractivity contribution >= 4 is 5.78 Å². The summed E-state index contributed by atoms with van der Waals surface area (Å²) in [4.78, 5) is 12.2. The van der Waals surface area contributed by atoms with Crippen LogP contribution in [0.4, 0.5) is 13.2 Å². The molecule has 1 unspecified atom stereocenters. The molecule has 108 valence electrons. The average Bonchev–Trinajstić information content (AvgIpc) is 2.85. The van der Waals surface area contributed by atoms with Crippen molar-refractivity contribution in [3.63, 3.8) is 0 Å². The van der Waals surface area contributed by atoms with E-state index in [0.29, 0.717) is 0 Å². The summed E-state index contributed by atoms with van der Waals surface area (Å²) in [6, 6.07) is 7.36. The highest BCUT2D eigenvalue weighted by Gasteiger charge is 2.32. The number of hydrogen-bond donors (Lipinski definition) is 0. The van der Waals surface area contributed by atoms with Crippen molar-refractivity contribution in [3.05, 3.63) is 53.3 Å². The van der Waals surface area contributed by atoms with Gasteiger partial charge in [-0.25, -0.2) is 0 Å². The first kappa shape index (κ1) is 14.8. The fraction of sp³-hybridized carbons (Fsp3) is 0.214. The minimum atomic E-state index is -4.52. The molecular formula is C14H10F3N3O. The van der Waals surface area contributed by atoms with Gasteiger partial charge in [-0.15, -0.1) is 0 Å². The lowest BCUT2D eigenvalue weighted by atomic mass is 9.93. The number of halogens is 3. The molecular weight excluding hydrogens is 283 g/mol. The fourth-order valence-corrected chi connectivity index (χ4v) is 1.87. The number of nitrogens with zero attached hydrogens (tertiary/aromatic N) is 3. The zero-order chi connectivity index (χ0) is 15.6. The van der Waals surface area contributed by atoms with E-state index >= 15 is 0 Å². The Balaban J connectivity index is 2.39. The zero-order valence-corrected chi connectivity index (χ0v) is 10.9. The number of hydrogen-bond acceptors (Lipinski definition) is 3. The number of Topliss-reactive ketones (excluding diaryl/α,β-unsaturated/α-hetero) is 1. The number of carbonyl (C=O) groups is 1. The second kappa shape index (κ2) is 5.40. The van der Waals surface area contributed by atoms with Gasteiger partial charge in [0.1, 0.15) is 11.6 Å². The lowest BCUT2D eigenvalue weighted by molar-refractivity contribution is -0.137. The van der Waals surface area contributed by atoms with Gasteiger partial charge in [0.05, 0.1) is 11.6 Å². The Morgan fingerprint density at radius 2 is 2.10 bits per heavy atom. The van der Waals surface area contributed by atoms with Crippen LogP contribution in [-0.4, -0.2) is 15.6 Å². The van der Waals surface area contributed by atoms with Crippen LogP contribution in [0.15, 0.2) is 36.5 Å². The van der Waals surface area contributed by atoms with Gasteiger partial charge in [-0.3, -0.25) is 9.48 Å². The van der Waals surface area contributed by atoms with E-state index in [1.165, 1.54) is 29.1 Å². The van der Waals surface area contributed by atoms with Crippen LogP contribution in [0.25, 0.3) is 0 Å². The molecule has 1 heterocycles. The van der Waals surface area contributed by atoms with E-state index in [-0.39, 0.29) is 11.3 Å². The van der Waals surface area contributed by atoms with Crippen molar-refractivity contribution in [2.45, 2.75) is 12.1 Å². The molecule has 0 fully saturated rings. The van der Waals surface area contributed by atoms with Crippen molar-refractivity contribution in [1.29, 1.82) is 5.26 Å². The van der Waals surface area contributed by atoms with E-state index in [0.717, 1.165) is 12.1 Å². The predicted octanol–water partition coefficient (Wildman–Crippen LogP) is 2.93. The molecule has 1 aromatic heterocycles. The van der Waals surface area contributed by atoms with Crippen molar-refractivity contribution < 1.29 is 18.0 Å². The molecule has 0 bridgehead atoms. The topological polar surface area (TPSA) is 58.7 Å². The third kappa shape index (κ3) is 3.11. The molecule has 0 N–H and O–H groups in total. The van der Waals surface area contributed by atoms with Gasteiger partial charge in [-0.1, -0.05) is 18.2 Å². The Hall–Kier alpha value is -2.62. The maximum Gasteiger partial charge on any atom is 0.416 e. The van der Waals surface area contributed by atoms with Gasteiger partial charge >= 0.3 is 6.18 Å². The molecule has 21 heavy (non-hydrogen) atoms. The molecule has 0 radical (unpaired) electrons. The third-order valence-corrected chi connectivity index (χ3v) is 2.90. The van der Waals surface area contributed by atoms with E-state index in [2.05, 4.69) is 5.10 Å². The van der Waals surface area contributed by atoms with E-state index in [1.54, 1.807) is 13.1 Å². The summed E-state index contributed by atoms with van der Waals surface area (Å²) in [5.74, 6) is -1.94. The number of alkyl halides is 3. The summed E-state index contributed by atoms with van der Waals surface area (Å²) in [5.41, 5.74) is -0.849. The van der Waals surface area contributed by atoms with Crippen molar-refractivity contribution in [2.24, 2.45) is 7.05 Å². The standard InChI is InChI=1S/C14H10F3N3O/c1-20-6-5-12(19-20)13(21)11(8-18)9-3-2-4-10(7-9)14(15,16)17/h2-7,11H,1H3. The first-order chi connectivity index (χ1) is 9.82. The molecule has 2 aromatic rings. The van der Waals surface area contributed by atoms with Gasteiger partial charge in [0.15, 0.2) is 0 Å². The maximum absolute atomic E-state index is 12.7. The monoisotopic (exact) mass is 293 g/mol. The summed E-state index contributed by atoms with van der Waals surface area (Å²) in [5, 5.41) is 13.0. The zero-order valence-electron chi connectivity index (χ0n) is 10.9. The van der Waals surface area contributed by atoms with Gasteiger partial charge in [0.2, 0.25) is 5.78 Å². The molecule has 1 atom stereocenters. The molecule has 0 spiro atoms. The van der Waals surface area contributed by atoms with Crippen LogP contribution in [0.1, 0.15) is 27.5 Å². The largest absolute Gasteiger partial charge is 0.416 e. The van der Waals surface area contributed by atoms with Gasteiger partial charge in [0, 0.05) is 13.2 Å². The number of aromatic nitrogens is 2. The summed E-state index contributed by atoms with van der Waals surface area (Å²) in [6.07, 6.45) is -3.00. The molecule has 0 aliphatic carbocycles. The Bertz CT molecular complexity index is 713. The summed E-state index contributed by atoms with van der Waals surface area (Å²) in [6.45, 7) is 0. The number of aryl methyl sites for hydroxylation is 1.